The van der Waals surface area contributed by atoms with Gasteiger partial charge in [0, 0.05) is 11.5 Å². The van der Waals surface area contributed by atoms with Gasteiger partial charge in [-0.1, -0.05) is 13.3 Å². The monoisotopic (exact) mass is 183 g/mol. The minimum Gasteiger partial charge on any atom is -0.351 e. The summed E-state index contributed by atoms with van der Waals surface area (Å²) in [5.41, 5.74) is -0.0839. The molecule has 1 N–H and O–H groups in total. The van der Waals surface area contributed by atoms with Gasteiger partial charge < -0.3 is 5.32 Å². The first-order chi connectivity index (χ1) is 5.90. The number of amides is 1. The lowest BCUT2D eigenvalue weighted by atomic mass is 9.96. The zero-order valence-electron chi connectivity index (χ0n) is 9.18. The zero-order valence-corrected chi connectivity index (χ0v) is 9.18. The maximum atomic E-state index is 11.8. The van der Waals surface area contributed by atoms with E-state index in [0.29, 0.717) is 5.92 Å². The molecule has 13 heavy (non-hydrogen) atoms. The highest BCUT2D eigenvalue weighted by Gasteiger charge is 2.31. The van der Waals surface area contributed by atoms with Gasteiger partial charge in [-0.2, -0.15) is 0 Å². The first-order valence-electron chi connectivity index (χ1n) is 5.22. The summed E-state index contributed by atoms with van der Waals surface area (Å²) in [4.78, 5) is 11.8. The number of carbonyl (C=O) groups is 1. The van der Waals surface area contributed by atoms with Crippen LogP contribution < -0.4 is 5.32 Å². The largest absolute Gasteiger partial charge is 0.351 e. The van der Waals surface area contributed by atoms with Crippen LogP contribution in [0.15, 0.2) is 0 Å². The molecule has 1 saturated carbocycles. The Morgan fingerprint density at radius 3 is 2.31 bits per heavy atom. The summed E-state index contributed by atoms with van der Waals surface area (Å²) in [7, 11) is 0. The molecular weight excluding hydrogens is 162 g/mol. The van der Waals surface area contributed by atoms with E-state index < -0.39 is 0 Å². The Labute approximate surface area is 81.1 Å². The lowest BCUT2D eigenvalue weighted by molar-refractivity contribution is -0.127. The third-order valence-electron chi connectivity index (χ3n) is 2.70. The van der Waals surface area contributed by atoms with Crippen molar-refractivity contribution in [3.05, 3.63) is 0 Å². The van der Waals surface area contributed by atoms with Crippen molar-refractivity contribution in [2.45, 2.75) is 52.5 Å². The fourth-order valence-electron chi connectivity index (χ4n) is 2.00. The van der Waals surface area contributed by atoms with E-state index in [1.807, 2.05) is 20.8 Å². The van der Waals surface area contributed by atoms with E-state index >= 15 is 0 Å². The molecule has 0 aromatic carbocycles. The minimum atomic E-state index is -0.0839. The summed E-state index contributed by atoms with van der Waals surface area (Å²) in [5.74, 6) is 1.08. The molecule has 1 amide bonds. The molecule has 2 nitrogen and oxygen atoms in total. The second-order valence-electron chi connectivity index (χ2n) is 5.25. The normalized spacial score (nSPS) is 28.9. The van der Waals surface area contributed by atoms with Crippen LogP contribution >= 0.6 is 0 Å². The average molecular weight is 183 g/mol. The van der Waals surface area contributed by atoms with Crippen LogP contribution in [0.1, 0.15) is 47.0 Å². The van der Waals surface area contributed by atoms with Gasteiger partial charge in [0.25, 0.3) is 0 Å². The van der Waals surface area contributed by atoms with E-state index in [4.69, 9.17) is 0 Å². The zero-order chi connectivity index (χ0) is 10.1. The summed E-state index contributed by atoms with van der Waals surface area (Å²) in [6.45, 7) is 8.28. The number of carbonyl (C=O) groups excluding carboxylic acids is 1. The van der Waals surface area contributed by atoms with Gasteiger partial charge in [-0.3, -0.25) is 4.79 Å². The molecule has 0 spiro atoms. The first-order valence-corrected chi connectivity index (χ1v) is 5.22. The highest BCUT2D eigenvalue weighted by Crippen LogP contribution is 2.31. The Hall–Kier alpha value is -0.530. The SMILES string of the molecule is CC1CCC[C@H]1C(=O)NC(C)(C)C. The Morgan fingerprint density at radius 2 is 1.92 bits per heavy atom. The molecule has 0 aromatic heterocycles. The Kier molecular flexibility index (Phi) is 2.99. The molecule has 1 aliphatic rings. The fraction of sp³-hybridized carbons (Fsp3) is 0.909. The predicted octanol–water partition coefficient (Wildman–Crippen LogP) is 2.34. The van der Waals surface area contributed by atoms with Gasteiger partial charge in [-0.25, -0.2) is 0 Å². The molecule has 0 bridgehead atoms. The van der Waals surface area contributed by atoms with Crippen molar-refractivity contribution >= 4 is 5.91 Å². The summed E-state index contributed by atoms with van der Waals surface area (Å²) in [5, 5.41) is 3.05. The number of rotatable bonds is 1. The molecule has 0 aliphatic heterocycles. The van der Waals surface area contributed by atoms with Crippen LogP contribution in [0.5, 0.6) is 0 Å². The highest BCUT2D eigenvalue weighted by atomic mass is 16.2. The van der Waals surface area contributed by atoms with Crippen molar-refractivity contribution in [2.75, 3.05) is 0 Å². The maximum absolute atomic E-state index is 11.8. The van der Waals surface area contributed by atoms with Crippen LogP contribution in [0.25, 0.3) is 0 Å². The summed E-state index contributed by atoms with van der Waals surface area (Å²) >= 11 is 0. The Morgan fingerprint density at radius 1 is 1.31 bits per heavy atom. The number of nitrogens with one attached hydrogen (secondary N) is 1. The van der Waals surface area contributed by atoms with Gasteiger partial charge in [0.2, 0.25) is 5.91 Å². The first kappa shape index (κ1) is 10.6. The van der Waals surface area contributed by atoms with Crippen molar-refractivity contribution < 1.29 is 4.79 Å². The van der Waals surface area contributed by atoms with Crippen molar-refractivity contribution in [3.63, 3.8) is 0 Å². The molecule has 0 heterocycles. The molecule has 0 radical (unpaired) electrons. The smallest absolute Gasteiger partial charge is 0.223 e. The van der Waals surface area contributed by atoms with Gasteiger partial charge in [0.1, 0.15) is 0 Å². The molecule has 0 aromatic rings. The maximum Gasteiger partial charge on any atom is 0.223 e. The van der Waals surface area contributed by atoms with Gasteiger partial charge in [0.05, 0.1) is 0 Å². The van der Waals surface area contributed by atoms with Crippen molar-refractivity contribution in [3.8, 4) is 0 Å². The highest BCUT2D eigenvalue weighted by molar-refractivity contribution is 5.79. The van der Waals surface area contributed by atoms with Gasteiger partial charge in [0.15, 0.2) is 0 Å². The minimum absolute atomic E-state index is 0.0839. The average Bonchev–Trinajstić information content (AvgIpc) is 2.30. The van der Waals surface area contributed by atoms with Crippen LogP contribution in [0, 0.1) is 11.8 Å². The summed E-state index contributed by atoms with van der Waals surface area (Å²) in [6.07, 6.45) is 3.49. The number of hydrogen-bond acceptors (Lipinski definition) is 1. The fourth-order valence-corrected chi connectivity index (χ4v) is 2.00. The van der Waals surface area contributed by atoms with Crippen molar-refractivity contribution in [2.24, 2.45) is 11.8 Å². The molecule has 1 unspecified atom stereocenters. The van der Waals surface area contributed by atoms with Crippen molar-refractivity contribution in [1.82, 2.24) is 5.32 Å². The predicted molar refractivity (Wildman–Crippen MR) is 54.4 cm³/mol. The van der Waals surface area contributed by atoms with Crippen LogP contribution in [0.2, 0.25) is 0 Å². The molecule has 0 saturated heterocycles. The summed E-state index contributed by atoms with van der Waals surface area (Å²) < 4.78 is 0. The lowest BCUT2D eigenvalue weighted by Crippen LogP contribution is -2.44. The number of hydrogen-bond donors (Lipinski definition) is 1. The van der Waals surface area contributed by atoms with Gasteiger partial charge >= 0.3 is 0 Å². The Balaban J connectivity index is 2.48. The second kappa shape index (κ2) is 3.69. The molecule has 1 aliphatic carbocycles. The molecular formula is C11H21NO. The van der Waals surface area contributed by atoms with Crippen LogP contribution in [-0.2, 0) is 4.79 Å². The third-order valence-corrected chi connectivity index (χ3v) is 2.70. The van der Waals surface area contributed by atoms with Crippen LogP contribution in [0.4, 0.5) is 0 Å². The molecule has 2 heteroatoms. The Bertz CT molecular complexity index is 193. The van der Waals surface area contributed by atoms with Crippen LogP contribution in [-0.4, -0.2) is 11.4 Å². The van der Waals surface area contributed by atoms with E-state index in [1.54, 1.807) is 0 Å². The van der Waals surface area contributed by atoms with E-state index in [0.717, 1.165) is 6.42 Å². The molecule has 2 atom stereocenters. The van der Waals surface area contributed by atoms with Crippen molar-refractivity contribution in [1.29, 1.82) is 0 Å². The second-order valence-corrected chi connectivity index (χ2v) is 5.25. The van der Waals surface area contributed by atoms with E-state index in [2.05, 4.69) is 12.2 Å². The van der Waals surface area contributed by atoms with E-state index in [-0.39, 0.29) is 17.4 Å². The topological polar surface area (TPSA) is 29.1 Å². The van der Waals surface area contributed by atoms with Gasteiger partial charge in [-0.15, -0.1) is 0 Å². The summed E-state index contributed by atoms with van der Waals surface area (Å²) in [6, 6.07) is 0. The van der Waals surface area contributed by atoms with E-state index in [1.165, 1.54) is 12.8 Å². The van der Waals surface area contributed by atoms with Gasteiger partial charge in [-0.05, 0) is 39.5 Å². The van der Waals surface area contributed by atoms with Crippen LogP contribution in [0.3, 0.4) is 0 Å². The van der Waals surface area contributed by atoms with E-state index in [9.17, 15) is 4.79 Å². The standard InChI is InChI=1S/C11H21NO/c1-8-6-5-7-9(8)10(13)12-11(2,3)4/h8-9H,5-7H2,1-4H3,(H,12,13)/t8?,9-/m1/s1. The molecule has 76 valence electrons. The third kappa shape index (κ3) is 3.02. The quantitative estimate of drug-likeness (QED) is 0.664. The molecule has 1 rings (SSSR count). The lowest BCUT2D eigenvalue weighted by Gasteiger charge is -2.24. The molecule has 1 fully saturated rings.